The van der Waals surface area contributed by atoms with Crippen LogP contribution in [-0.4, -0.2) is 33.9 Å². The number of benzene rings is 2. The predicted octanol–water partition coefficient (Wildman–Crippen LogP) is 2.79. The smallest absolute Gasteiger partial charge is 0.225 e. The number of hydrogen-bond donors (Lipinski definition) is 1. The number of nitrogens with one attached hydrogen (secondary N) is 1. The van der Waals surface area contributed by atoms with Crippen molar-refractivity contribution in [1.82, 2.24) is 20.1 Å². The zero-order chi connectivity index (χ0) is 20.1. The fraction of sp³-hybridized carbons (Fsp3) is 0.318. The van der Waals surface area contributed by atoms with Crippen LogP contribution in [0.4, 0.5) is 0 Å². The highest BCUT2D eigenvalue weighted by Crippen LogP contribution is 2.33. The van der Waals surface area contributed by atoms with Gasteiger partial charge in [0.25, 0.3) is 0 Å². The minimum Gasteiger partial charge on any atom is -0.486 e. The average Bonchev–Trinajstić information content (AvgIpc) is 3.26. The number of nitrogens with zero attached hydrogens (tertiary/aromatic N) is 3. The maximum atomic E-state index is 12.9. The molecule has 0 saturated heterocycles. The number of fused-ring (bicyclic) bond motifs is 1. The van der Waals surface area contributed by atoms with Crippen LogP contribution in [0.15, 0.2) is 61.2 Å². The van der Waals surface area contributed by atoms with Gasteiger partial charge in [0, 0.05) is 0 Å². The third-order valence-electron chi connectivity index (χ3n) is 4.94. The molecule has 1 amide bonds. The molecular weight excluding hydrogens is 368 g/mol. The van der Waals surface area contributed by atoms with Gasteiger partial charge in [0.1, 0.15) is 25.9 Å². The maximum Gasteiger partial charge on any atom is 0.225 e. The van der Waals surface area contributed by atoms with Gasteiger partial charge in [0.05, 0.1) is 18.5 Å². The second-order valence-corrected chi connectivity index (χ2v) is 7.17. The van der Waals surface area contributed by atoms with Crippen LogP contribution in [0, 0.1) is 5.92 Å². The van der Waals surface area contributed by atoms with Crippen molar-refractivity contribution >= 4 is 5.91 Å². The van der Waals surface area contributed by atoms with E-state index in [1.54, 1.807) is 11.0 Å². The van der Waals surface area contributed by atoms with E-state index in [9.17, 15) is 4.79 Å². The van der Waals surface area contributed by atoms with Gasteiger partial charge < -0.3 is 14.8 Å². The molecule has 7 nitrogen and oxygen atoms in total. The second kappa shape index (κ2) is 8.77. The average molecular weight is 392 g/mol. The summed E-state index contributed by atoms with van der Waals surface area (Å²) in [5.41, 5.74) is 2.14. The van der Waals surface area contributed by atoms with Gasteiger partial charge in [-0.25, -0.2) is 4.98 Å². The quantitative estimate of drug-likeness (QED) is 0.669. The van der Waals surface area contributed by atoms with Gasteiger partial charge >= 0.3 is 0 Å². The van der Waals surface area contributed by atoms with Crippen molar-refractivity contribution < 1.29 is 14.3 Å². The SMILES string of the molecule is CC(Cn1cncn1)C(=O)NC(Cc1ccccc1)c1ccc2c(c1)OCCO2. The van der Waals surface area contributed by atoms with E-state index in [2.05, 4.69) is 27.5 Å². The molecule has 1 N–H and O–H groups in total. The lowest BCUT2D eigenvalue weighted by molar-refractivity contribution is -0.125. The molecule has 0 radical (unpaired) electrons. The Hall–Kier alpha value is -3.35. The van der Waals surface area contributed by atoms with E-state index >= 15 is 0 Å². The molecule has 0 saturated carbocycles. The van der Waals surface area contributed by atoms with E-state index in [0.29, 0.717) is 26.2 Å². The summed E-state index contributed by atoms with van der Waals surface area (Å²) in [6.45, 7) is 3.45. The van der Waals surface area contributed by atoms with Gasteiger partial charge in [0.2, 0.25) is 5.91 Å². The first-order valence-corrected chi connectivity index (χ1v) is 9.75. The fourth-order valence-electron chi connectivity index (χ4n) is 3.38. The molecule has 1 aliphatic rings. The predicted molar refractivity (Wildman–Crippen MR) is 108 cm³/mol. The molecule has 0 fully saturated rings. The minimum absolute atomic E-state index is 0.0312. The van der Waals surface area contributed by atoms with E-state index in [1.807, 2.05) is 43.3 Å². The summed E-state index contributed by atoms with van der Waals surface area (Å²) >= 11 is 0. The summed E-state index contributed by atoms with van der Waals surface area (Å²) in [5, 5.41) is 7.29. The molecule has 150 valence electrons. The van der Waals surface area contributed by atoms with Crippen LogP contribution in [0.5, 0.6) is 11.5 Å². The highest BCUT2D eigenvalue weighted by atomic mass is 16.6. The Morgan fingerprint density at radius 1 is 1.14 bits per heavy atom. The van der Waals surface area contributed by atoms with Crippen LogP contribution >= 0.6 is 0 Å². The number of hydrogen-bond acceptors (Lipinski definition) is 5. The number of rotatable bonds is 7. The lowest BCUT2D eigenvalue weighted by Crippen LogP contribution is -2.35. The summed E-state index contributed by atoms with van der Waals surface area (Å²) in [5.74, 6) is 1.18. The third-order valence-corrected chi connectivity index (χ3v) is 4.94. The molecular formula is C22H24N4O3. The highest BCUT2D eigenvalue weighted by Gasteiger charge is 2.22. The van der Waals surface area contributed by atoms with Crippen molar-refractivity contribution in [2.45, 2.75) is 25.9 Å². The Labute approximate surface area is 169 Å². The van der Waals surface area contributed by atoms with Gasteiger partial charge in [-0.1, -0.05) is 43.3 Å². The van der Waals surface area contributed by atoms with Gasteiger partial charge in [-0.2, -0.15) is 5.10 Å². The molecule has 2 unspecified atom stereocenters. The molecule has 2 heterocycles. The van der Waals surface area contributed by atoms with Gasteiger partial charge in [-0.15, -0.1) is 0 Å². The van der Waals surface area contributed by atoms with E-state index < -0.39 is 0 Å². The van der Waals surface area contributed by atoms with Crippen molar-refractivity contribution in [3.63, 3.8) is 0 Å². The summed E-state index contributed by atoms with van der Waals surface area (Å²) in [7, 11) is 0. The first-order chi connectivity index (χ1) is 14.2. The minimum atomic E-state index is -0.243. The second-order valence-electron chi connectivity index (χ2n) is 7.17. The number of amides is 1. The van der Waals surface area contributed by atoms with Crippen LogP contribution in [0.25, 0.3) is 0 Å². The molecule has 3 aromatic rings. The largest absolute Gasteiger partial charge is 0.486 e. The summed E-state index contributed by atoms with van der Waals surface area (Å²) in [4.78, 5) is 16.8. The van der Waals surface area contributed by atoms with Crippen molar-refractivity contribution in [2.75, 3.05) is 13.2 Å². The Morgan fingerprint density at radius 3 is 2.69 bits per heavy atom. The Balaban J connectivity index is 1.54. The van der Waals surface area contributed by atoms with Gasteiger partial charge in [-0.3, -0.25) is 9.48 Å². The number of carbonyl (C=O) groups is 1. The molecule has 1 aromatic heterocycles. The molecule has 0 spiro atoms. The van der Waals surface area contributed by atoms with E-state index in [0.717, 1.165) is 22.6 Å². The van der Waals surface area contributed by atoms with Crippen molar-refractivity contribution in [2.24, 2.45) is 5.92 Å². The van der Waals surface area contributed by atoms with Crippen LogP contribution in [0.2, 0.25) is 0 Å². The van der Waals surface area contributed by atoms with Gasteiger partial charge in [0.15, 0.2) is 11.5 Å². The topological polar surface area (TPSA) is 78.3 Å². The molecule has 7 heteroatoms. The van der Waals surface area contributed by atoms with E-state index in [-0.39, 0.29) is 17.9 Å². The molecule has 4 rings (SSSR count). The number of ether oxygens (including phenoxy) is 2. The summed E-state index contributed by atoms with van der Waals surface area (Å²) in [6.07, 6.45) is 3.77. The molecule has 1 aliphatic heterocycles. The number of aromatic nitrogens is 3. The van der Waals surface area contributed by atoms with Crippen molar-refractivity contribution in [3.05, 3.63) is 72.3 Å². The molecule has 2 aromatic carbocycles. The van der Waals surface area contributed by atoms with Crippen LogP contribution in [0.3, 0.4) is 0 Å². The molecule has 0 bridgehead atoms. The Morgan fingerprint density at radius 2 is 1.93 bits per heavy atom. The van der Waals surface area contributed by atoms with E-state index in [4.69, 9.17) is 9.47 Å². The standard InChI is InChI=1S/C22H24N4O3/c1-16(13-26-15-23-14-24-26)22(27)25-19(11-17-5-3-2-4-6-17)18-7-8-20-21(12-18)29-10-9-28-20/h2-8,12,14-16,19H,9-11,13H2,1H3,(H,25,27). The summed E-state index contributed by atoms with van der Waals surface area (Å²) in [6, 6.07) is 15.8. The summed E-state index contributed by atoms with van der Waals surface area (Å²) < 4.78 is 13.0. The van der Waals surface area contributed by atoms with E-state index in [1.165, 1.54) is 6.33 Å². The van der Waals surface area contributed by atoms with Gasteiger partial charge in [-0.05, 0) is 29.7 Å². The molecule has 0 aliphatic carbocycles. The van der Waals surface area contributed by atoms with Crippen LogP contribution in [-0.2, 0) is 17.8 Å². The maximum absolute atomic E-state index is 12.9. The van der Waals surface area contributed by atoms with Crippen LogP contribution in [0.1, 0.15) is 24.1 Å². The lowest BCUT2D eigenvalue weighted by Gasteiger charge is -2.24. The molecule has 2 atom stereocenters. The fourth-order valence-corrected chi connectivity index (χ4v) is 3.38. The zero-order valence-electron chi connectivity index (χ0n) is 16.3. The first-order valence-electron chi connectivity index (χ1n) is 9.75. The highest BCUT2D eigenvalue weighted by molar-refractivity contribution is 5.78. The first kappa shape index (κ1) is 19.0. The molecule has 29 heavy (non-hydrogen) atoms. The Kier molecular flexibility index (Phi) is 5.74. The van der Waals surface area contributed by atoms with Crippen molar-refractivity contribution in [1.29, 1.82) is 0 Å². The number of carbonyl (C=O) groups excluding carboxylic acids is 1. The normalized spacial score (nSPS) is 14.8. The van der Waals surface area contributed by atoms with Crippen LogP contribution < -0.4 is 14.8 Å². The monoisotopic (exact) mass is 392 g/mol. The Bertz CT molecular complexity index is 944. The zero-order valence-corrected chi connectivity index (χ0v) is 16.3. The third kappa shape index (κ3) is 4.74. The lowest BCUT2D eigenvalue weighted by atomic mass is 9.97. The van der Waals surface area contributed by atoms with Crippen molar-refractivity contribution in [3.8, 4) is 11.5 Å².